The van der Waals surface area contributed by atoms with Gasteiger partial charge in [-0.1, -0.05) is 18.2 Å². The predicted molar refractivity (Wildman–Crippen MR) is 80.9 cm³/mol. The maximum atomic E-state index is 12.4. The van der Waals surface area contributed by atoms with E-state index in [4.69, 9.17) is 0 Å². The average Bonchev–Trinajstić information content (AvgIpc) is 2.43. The van der Waals surface area contributed by atoms with Crippen molar-refractivity contribution in [2.75, 3.05) is 12.4 Å². The smallest absolute Gasteiger partial charge is 0.256 e. The Hall–Kier alpha value is -2.02. The van der Waals surface area contributed by atoms with Crippen LogP contribution in [0.5, 0.6) is 0 Å². The van der Waals surface area contributed by atoms with Crippen LogP contribution in [0.1, 0.15) is 13.8 Å². The van der Waals surface area contributed by atoms with E-state index in [1.165, 1.54) is 8.61 Å². The van der Waals surface area contributed by atoms with Crippen molar-refractivity contribution in [3.05, 3.63) is 30.3 Å². The van der Waals surface area contributed by atoms with E-state index >= 15 is 0 Å². The van der Waals surface area contributed by atoms with Crippen LogP contribution >= 0.6 is 12.1 Å². The number of carbonyl (C=O) groups excluding carboxylic acids is 3. The molecule has 1 aromatic carbocycles. The molecule has 3 amide bonds. The monoisotopic (exact) mass is 307 g/mol. The number of amides is 3. The molecule has 1 fully saturated rings. The van der Waals surface area contributed by atoms with Gasteiger partial charge in [-0.25, -0.2) is 0 Å². The van der Waals surface area contributed by atoms with Crippen LogP contribution < -0.4 is 5.32 Å². The van der Waals surface area contributed by atoms with E-state index in [9.17, 15) is 14.4 Å². The summed E-state index contributed by atoms with van der Waals surface area (Å²) in [6.45, 7) is 3.67. The van der Waals surface area contributed by atoms with Crippen LogP contribution in [0.3, 0.4) is 0 Å². The SMILES string of the molecule is CC(C)N1SN(C)C(=O)C(C(=O)Nc2ccccc2)C1=O. The highest BCUT2D eigenvalue weighted by Crippen LogP contribution is 2.29. The van der Waals surface area contributed by atoms with E-state index in [-0.39, 0.29) is 6.04 Å². The molecule has 1 saturated heterocycles. The van der Waals surface area contributed by atoms with E-state index in [0.717, 1.165) is 12.1 Å². The molecule has 1 unspecified atom stereocenters. The lowest BCUT2D eigenvalue weighted by Crippen LogP contribution is -2.53. The first-order chi connectivity index (χ1) is 9.91. The van der Waals surface area contributed by atoms with Crippen LogP contribution in [0.4, 0.5) is 5.69 Å². The van der Waals surface area contributed by atoms with Gasteiger partial charge < -0.3 is 5.32 Å². The Morgan fingerprint density at radius 2 is 1.81 bits per heavy atom. The van der Waals surface area contributed by atoms with Gasteiger partial charge in [-0.15, -0.1) is 0 Å². The number of para-hydroxylation sites is 1. The summed E-state index contributed by atoms with van der Waals surface area (Å²) in [6.07, 6.45) is 0. The molecule has 0 aromatic heterocycles. The van der Waals surface area contributed by atoms with Crippen molar-refractivity contribution in [1.82, 2.24) is 8.61 Å². The minimum atomic E-state index is -1.33. The summed E-state index contributed by atoms with van der Waals surface area (Å²) in [6, 6.07) is 8.65. The van der Waals surface area contributed by atoms with Gasteiger partial charge >= 0.3 is 0 Å². The molecule has 7 heteroatoms. The van der Waals surface area contributed by atoms with Gasteiger partial charge in [-0.05, 0) is 26.0 Å². The van der Waals surface area contributed by atoms with Gasteiger partial charge in [0, 0.05) is 18.8 Å². The van der Waals surface area contributed by atoms with Gasteiger partial charge in [0.1, 0.15) is 0 Å². The van der Waals surface area contributed by atoms with Gasteiger partial charge in [-0.2, -0.15) is 0 Å². The number of anilines is 1. The Labute approximate surface area is 127 Å². The number of benzene rings is 1. The molecule has 6 nitrogen and oxygen atoms in total. The lowest BCUT2D eigenvalue weighted by Gasteiger charge is -2.36. The number of rotatable bonds is 3. The average molecular weight is 307 g/mol. The van der Waals surface area contributed by atoms with E-state index in [1.54, 1.807) is 31.3 Å². The van der Waals surface area contributed by atoms with Crippen LogP contribution in [-0.4, -0.2) is 39.4 Å². The zero-order chi connectivity index (χ0) is 15.6. The van der Waals surface area contributed by atoms with Crippen molar-refractivity contribution in [3.8, 4) is 0 Å². The molecule has 0 aliphatic carbocycles. The second-order valence-electron chi connectivity index (χ2n) is 4.96. The Kier molecular flexibility index (Phi) is 4.52. The van der Waals surface area contributed by atoms with Gasteiger partial charge in [0.25, 0.3) is 11.8 Å². The van der Waals surface area contributed by atoms with Crippen molar-refractivity contribution in [3.63, 3.8) is 0 Å². The molecule has 1 N–H and O–H groups in total. The summed E-state index contributed by atoms with van der Waals surface area (Å²) in [4.78, 5) is 36.8. The van der Waals surface area contributed by atoms with Crippen LogP contribution in [0.15, 0.2) is 30.3 Å². The minimum absolute atomic E-state index is 0.106. The highest BCUT2D eigenvalue weighted by atomic mass is 32.2. The Bertz CT molecular complexity index is 562. The summed E-state index contributed by atoms with van der Waals surface area (Å²) >= 11 is 1.03. The number of nitrogens with zero attached hydrogens (tertiary/aromatic N) is 2. The zero-order valence-corrected chi connectivity index (χ0v) is 12.9. The first-order valence-corrected chi connectivity index (χ1v) is 7.29. The molecule has 0 radical (unpaired) electrons. The Morgan fingerprint density at radius 3 is 2.38 bits per heavy atom. The van der Waals surface area contributed by atoms with Gasteiger partial charge in [0.05, 0.1) is 12.1 Å². The normalized spacial score (nSPS) is 19.1. The molecule has 0 spiro atoms. The van der Waals surface area contributed by atoms with Crippen molar-refractivity contribution in [1.29, 1.82) is 0 Å². The fraction of sp³-hybridized carbons (Fsp3) is 0.357. The summed E-state index contributed by atoms with van der Waals surface area (Å²) < 4.78 is 2.76. The largest absolute Gasteiger partial charge is 0.325 e. The third-order valence-electron chi connectivity index (χ3n) is 3.00. The fourth-order valence-corrected chi connectivity index (χ4v) is 2.76. The lowest BCUT2D eigenvalue weighted by atomic mass is 10.1. The molecule has 1 atom stereocenters. The molecule has 112 valence electrons. The highest BCUT2D eigenvalue weighted by Gasteiger charge is 2.45. The minimum Gasteiger partial charge on any atom is -0.325 e. The number of hydrogen-bond donors (Lipinski definition) is 1. The molecule has 1 heterocycles. The van der Waals surface area contributed by atoms with Crippen molar-refractivity contribution >= 4 is 35.5 Å². The topological polar surface area (TPSA) is 69.7 Å². The highest BCUT2D eigenvalue weighted by molar-refractivity contribution is 7.95. The van der Waals surface area contributed by atoms with Crippen molar-refractivity contribution in [2.24, 2.45) is 5.92 Å². The second kappa shape index (κ2) is 6.17. The molecule has 0 saturated carbocycles. The standard InChI is InChI=1S/C14H17N3O3S/c1-9(2)17-14(20)11(13(19)16(3)21-17)12(18)15-10-7-5-4-6-8-10/h4-9,11H,1-3H3,(H,15,18). The molecular formula is C14H17N3O3S. The second-order valence-corrected chi connectivity index (χ2v) is 6.07. The molecule has 1 aliphatic heterocycles. The number of carbonyl (C=O) groups is 3. The molecule has 21 heavy (non-hydrogen) atoms. The van der Waals surface area contributed by atoms with Crippen molar-refractivity contribution < 1.29 is 14.4 Å². The third kappa shape index (κ3) is 3.18. The Morgan fingerprint density at radius 1 is 1.19 bits per heavy atom. The lowest BCUT2D eigenvalue weighted by molar-refractivity contribution is -0.147. The molecule has 1 aliphatic rings. The number of nitrogens with one attached hydrogen (secondary N) is 1. The molecule has 1 aromatic rings. The van der Waals surface area contributed by atoms with E-state index < -0.39 is 23.6 Å². The van der Waals surface area contributed by atoms with Crippen LogP contribution in [-0.2, 0) is 14.4 Å². The van der Waals surface area contributed by atoms with Gasteiger partial charge in [0.2, 0.25) is 5.91 Å². The Balaban J connectivity index is 2.20. The molecule has 0 bridgehead atoms. The molecular weight excluding hydrogens is 290 g/mol. The van der Waals surface area contributed by atoms with Crippen LogP contribution in [0.25, 0.3) is 0 Å². The van der Waals surface area contributed by atoms with E-state index in [1.807, 2.05) is 19.9 Å². The first kappa shape index (κ1) is 15.4. The zero-order valence-electron chi connectivity index (χ0n) is 12.1. The van der Waals surface area contributed by atoms with Gasteiger partial charge in [-0.3, -0.25) is 23.0 Å². The van der Waals surface area contributed by atoms with Gasteiger partial charge in [0.15, 0.2) is 5.92 Å². The summed E-state index contributed by atoms with van der Waals surface area (Å²) in [5.41, 5.74) is 0.556. The first-order valence-electron chi connectivity index (χ1n) is 6.56. The number of hydrogen-bond acceptors (Lipinski definition) is 4. The summed E-state index contributed by atoms with van der Waals surface area (Å²) in [7, 11) is 1.55. The van der Waals surface area contributed by atoms with E-state index in [2.05, 4.69) is 5.32 Å². The van der Waals surface area contributed by atoms with Crippen LogP contribution in [0, 0.1) is 5.92 Å². The maximum Gasteiger partial charge on any atom is 0.256 e. The van der Waals surface area contributed by atoms with Crippen LogP contribution in [0.2, 0.25) is 0 Å². The fourth-order valence-electron chi connectivity index (χ4n) is 1.94. The predicted octanol–water partition coefficient (Wildman–Crippen LogP) is 1.51. The quantitative estimate of drug-likeness (QED) is 0.679. The third-order valence-corrected chi connectivity index (χ3v) is 4.21. The summed E-state index contributed by atoms with van der Waals surface area (Å²) in [5, 5.41) is 2.61. The summed E-state index contributed by atoms with van der Waals surface area (Å²) in [5.74, 6) is -2.92. The molecule has 2 rings (SSSR count). The maximum absolute atomic E-state index is 12.4. The van der Waals surface area contributed by atoms with E-state index in [0.29, 0.717) is 5.69 Å². The van der Waals surface area contributed by atoms with Crippen molar-refractivity contribution in [2.45, 2.75) is 19.9 Å².